The topological polar surface area (TPSA) is 75.1 Å². The maximum atomic E-state index is 11.3. The second-order valence-corrected chi connectivity index (χ2v) is 3.41. The predicted molar refractivity (Wildman–Crippen MR) is 62.4 cm³/mol. The molecule has 0 saturated carbocycles. The van der Waals surface area contributed by atoms with Gasteiger partial charge in [0.15, 0.2) is 11.5 Å². The first kappa shape index (κ1) is 11.0. The number of H-pyrrole nitrogens is 1. The molecule has 0 unspecified atom stereocenters. The molecule has 5 heteroatoms. The van der Waals surface area contributed by atoms with Crippen LogP contribution in [0.5, 0.6) is 11.5 Å². The van der Waals surface area contributed by atoms with E-state index in [-0.39, 0.29) is 5.56 Å². The zero-order valence-electron chi connectivity index (χ0n) is 9.40. The lowest BCUT2D eigenvalue weighted by atomic mass is 10.1. The summed E-state index contributed by atoms with van der Waals surface area (Å²) in [4.78, 5) is 14.0. The monoisotopic (exact) mass is 230 g/mol. The maximum Gasteiger partial charge on any atom is 0.249 e. The average Bonchev–Trinajstić information content (AvgIpc) is 2.35. The highest BCUT2D eigenvalue weighted by Gasteiger charge is 2.09. The highest BCUT2D eigenvalue weighted by molar-refractivity contribution is 5.87. The predicted octanol–water partition coefficient (Wildman–Crippen LogP) is 1.42. The summed E-state index contributed by atoms with van der Waals surface area (Å²) in [5.41, 5.74) is 0.540. The number of hydrogen-bond donors (Lipinski definition) is 1. The summed E-state index contributed by atoms with van der Waals surface area (Å²) in [7, 11) is 3.03. The molecule has 0 radical (unpaired) electrons. The molecule has 2 aromatic rings. The molecule has 0 aliphatic rings. The van der Waals surface area contributed by atoms with Crippen LogP contribution in [0.4, 0.5) is 0 Å². The van der Waals surface area contributed by atoms with E-state index in [4.69, 9.17) is 14.7 Å². The zero-order valence-corrected chi connectivity index (χ0v) is 9.40. The van der Waals surface area contributed by atoms with Crippen molar-refractivity contribution < 1.29 is 9.47 Å². The van der Waals surface area contributed by atoms with Gasteiger partial charge in [0, 0.05) is 17.5 Å². The third-order valence-electron chi connectivity index (χ3n) is 2.47. The van der Waals surface area contributed by atoms with Crippen LogP contribution in [-0.4, -0.2) is 19.2 Å². The molecule has 0 aliphatic heterocycles. The number of methoxy groups -OCH3 is 2. The Hall–Kier alpha value is -2.48. The number of nitrogens with one attached hydrogen (secondary N) is 1. The Morgan fingerprint density at radius 3 is 2.41 bits per heavy atom. The Balaban J connectivity index is 2.88. The normalized spacial score (nSPS) is 9.94. The SMILES string of the molecule is COc1cc2[nH]c(=O)cc(C#N)c2cc1OC. The van der Waals surface area contributed by atoms with Crippen molar-refractivity contribution in [1.29, 1.82) is 5.26 Å². The van der Waals surface area contributed by atoms with Crippen LogP contribution in [-0.2, 0) is 0 Å². The number of pyridine rings is 1. The standard InChI is InChI=1S/C12H10N2O3/c1-16-10-4-8-7(6-13)3-12(15)14-9(8)5-11(10)17-2/h3-5H,1-2H3,(H,14,15). The molecule has 1 heterocycles. The van der Waals surface area contributed by atoms with Crippen LogP contribution in [0.25, 0.3) is 10.9 Å². The van der Waals surface area contributed by atoms with Gasteiger partial charge in [0.1, 0.15) is 6.07 Å². The molecule has 0 amide bonds. The van der Waals surface area contributed by atoms with Gasteiger partial charge >= 0.3 is 0 Å². The summed E-state index contributed by atoms with van der Waals surface area (Å²) in [5.74, 6) is 1.02. The smallest absolute Gasteiger partial charge is 0.249 e. The quantitative estimate of drug-likeness (QED) is 0.846. The molecule has 0 spiro atoms. The van der Waals surface area contributed by atoms with Crippen molar-refractivity contribution in [3.8, 4) is 17.6 Å². The van der Waals surface area contributed by atoms with Gasteiger partial charge in [-0.05, 0) is 6.07 Å². The molecule has 17 heavy (non-hydrogen) atoms. The largest absolute Gasteiger partial charge is 0.493 e. The Kier molecular flexibility index (Phi) is 2.71. The van der Waals surface area contributed by atoms with Crippen LogP contribution in [0.3, 0.4) is 0 Å². The Labute approximate surface area is 97.2 Å². The minimum Gasteiger partial charge on any atom is -0.493 e. The molecule has 0 aliphatic carbocycles. The number of rotatable bonds is 2. The van der Waals surface area contributed by atoms with Gasteiger partial charge in [0.05, 0.1) is 25.3 Å². The van der Waals surface area contributed by atoms with Gasteiger partial charge < -0.3 is 14.5 Å². The van der Waals surface area contributed by atoms with Crippen molar-refractivity contribution in [2.24, 2.45) is 0 Å². The van der Waals surface area contributed by atoms with Crippen molar-refractivity contribution in [1.82, 2.24) is 4.98 Å². The first-order valence-corrected chi connectivity index (χ1v) is 4.88. The van der Waals surface area contributed by atoms with Crippen LogP contribution in [0, 0.1) is 11.3 Å². The van der Waals surface area contributed by atoms with E-state index >= 15 is 0 Å². The fourth-order valence-corrected chi connectivity index (χ4v) is 1.68. The molecule has 1 N–H and O–H groups in total. The number of fused-ring (bicyclic) bond motifs is 1. The molecule has 5 nitrogen and oxygen atoms in total. The molecule has 0 saturated heterocycles. The lowest BCUT2D eigenvalue weighted by Gasteiger charge is -2.09. The van der Waals surface area contributed by atoms with Gasteiger partial charge in [-0.2, -0.15) is 5.26 Å². The molecule has 1 aromatic heterocycles. The molecule has 0 bridgehead atoms. The molecule has 86 valence electrons. The molecule has 2 rings (SSSR count). The number of aromatic amines is 1. The first-order chi connectivity index (χ1) is 8.19. The summed E-state index contributed by atoms with van der Waals surface area (Å²) in [6.07, 6.45) is 0. The van der Waals surface area contributed by atoms with Gasteiger partial charge in [-0.25, -0.2) is 0 Å². The zero-order chi connectivity index (χ0) is 12.4. The van der Waals surface area contributed by atoms with Crippen molar-refractivity contribution in [2.75, 3.05) is 14.2 Å². The fourth-order valence-electron chi connectivity index (χ4n) is 1.68. The summed E-state index contributed by atoms with van der Waals surface area (Å²) in [5, 5.41) is 9.60. The van der Waals surface area contributed by atoms with E-state index in [1.54, 1.807) is 12.1 Å². The van der Waals surface area contributed by atoms with Crippen LogP contribution >= 0.6 is 0 Å². The summed E-state index contributed by atoms with van der Waals surface area (Å²) >= 11 is 0. The molecule has 1 aromatic carbocycles. The van der Waals surface area contributed by atoms with Crippen LogP contribution in [0.15, 0.2) is 23.0 Å². The highest BCUT2D eigenvalue weighted by atomic mass is 16.5. The molecule has 0 fully saturated rings. The second-order valence-electron chi connectivity index (χ2n) is 3.41. The Morgan fingerprint density at radius 2 is 1.82 bits per heavy atom. The van der Waals surface area contributed by atoms with E-state index in [1.165, 1.54) is 20.3 Å². The van der Waals surface area contributed by atoms with E-state index in [9.17, 15) is 4.79 Å². The molecular weight excluding hydrogens is 220 g/mol. The highest BCUT2D eigenvalue weighted by Crippen LogP contribution is 2.31. The summed E-state index contributed by atoms with van der Waals surface area (Å²) in [6, 6.07) is 6.55. The van der Waals surface area contributed by atoms with Crippen molar-refractivity contribution in [2.45, 2.75) is 0 Å². The molecular formula is C12H10N2O3. The lowest BCUT2D eigenvalue weighted by Crippen LogP contribution is -2.05. The van der Waals surface area contributed by atoms with Gasteiger partial charge in [-0.15, -0.1) is 0 Å². The van der Waals surface area contributed by atoms with Gasteiger partial charge in [0.25, 0.3) is 0 Å². The summed E-state index contributed by atoms with van der Waals surface area (Å²) in [6.45, 7) is 0. The Morgan fingerprint density at radius 1 is 1.18 bits per heavy atom. The van der Waals surface area contributed by atoms with Crippen molar-refractivity contribution in [3.05, 3.63) is 34.1 Å². The average molecular weight is 230 g/mol. The second kappa shape index (κ2) is 4.18. The number of benzene rings is 1. The van der Waals surface area contributed by atoms with Crippen LogP contribution in [0.1, 0.15) is 5.56 Å². The maximum absolute atomic E-state index is 11.3. The number of ether oxygens (including phenoxy) is 2. The van der Waals surface area contributed by atoms with Gasteiger partial charge in [-0.3, -0.25) is 4.79 Å². The summed E-state index contributed by atoms with van der Waals surface area (Å²) < 4.78 is 10.3. The van der Waals surface area contributed by atoms with E-state index in [2.05, 4.69) is 4.98 Å². The minimum atomic E-state index is -0.318. The number of aromatic nitrogens is 1. The molecule has 0 atom stereocenters. The fraction of sp³-hybridized carbons (Fsp3) is 0.167. The first-order valence-electron chi connectivity index (χ1n) is 4.88. The van der Waals surface area contributed by atoms with E-state index in [0.29, 0.717) is 28.0 Å². The minimum absolute atomic E-state index is 0.310. The number of nitriles is 1. The van der Waals surface area contributed by atoms with Crippen LogP contribution < -0.4 is 15.0 Å². The third kappa shape index (κ3) is 1.81. The van der Waals surface area contributed by atoms with Crippen molar-refractivity contribution in [3.63, 3.8) is 0 Å². The van der Waals surface area contributed by atoms with Gasteiger partial charge in [0.2, 0.25) is 5.56 Å². The Bertz CT molecular complexity index is 668. The number of nitrogens with zero attached hydrogens (tertiary/aromatic N) is 1. The third-order valence-corrected chi connectivity index (χ3v) is 2.47. The number of hydrogen-bond acceptors (Lipinski definition) is 4. The van der Waals surface area contributed by atoms with E-state index in [0.717, 1.165) is 0 Å². The van der Waals surface area contributed by atoms with E-state index < -0.39 is 0 Å². The van der Waals surface area contributed by atoms with Crippen LogP contribution in [0.2, 0.25) is 0 Å². The van der Waals surface area contributed by atoms with Gasteiger partial charge in [-0.1, -0.05) is 0 Å². The van der Waals surface area contributed by atoms with E-state index in [1.807, 2.05) is 6.07 Å². The lowest BCUT2D eigenvalue weighted by molar-refractivity contribution is 0.356. The van der Waals surface area contributed by atoms with Crippen molar-refractivity contribution >= 4 is 10.9 Å².